The van der Waals surface area contributed by atoms with Gasteiger partial charge in [0.25, 0.3) is 0 Å². The Labute approximate surface area is 186 Å². The third kappa shape index (κ3) is 8.05. The second-order valence-corrected chi connectivity index (χ2v) is 8.52. The van der Waals surface area contributed by atoms with Gasteiger partial charge in [-0.2, -0.15) is 0 Å². The largest absolute Gasteiger partial charge is 0.290 e. The van der Waals surface area contributed by atoms with Crippen molar-refractivity contribution in [3.05, 3.63) is 69.4 Å². The minimum absolute atomic E-state index is 0.00363. The van der Waals surface area contributed by atoms with Gasteiger partial charge in [0.15, 0.2) is 17.3 Å². The molecule has 0 heterocycles. The number of Topliss-reactive ketones (excluding diaryl/α,β-unsaturated/α-hetero) is 2. The fourth-order valence-electron chi connectivity index (χ4n) is 3.16. The number of hydrogen-bond donors (Lipinski definition) is 0. The molecule has 1 rings (SSSR count). The summed E-state index contributed by atoms with van der Waals surface area (Å²) in [6, 6.07) is 0. The first kappa shape index (κ1) is 26.2. The molecule has 0 radical (unpaired) electrons. The van der Waals surface area contributed by atoms with Crippen molar-refractivity contribution in [3.8, 4) is 0 Å². The van der Waals surface area contributed by atoms with E-state index in [1.807, 2.05) is 40.7 Å². The molecule has 0 bridgehead atoms. The van der Waals surface area contributed by atoms with E-state index in [0.29, 0.717) is 30.4 Å². The van der Waals surface area contributed by atoms with Crippen LogP contribution in [0.5, 0.6) is 0 Å². The van der Waals surface area contributed by atoms with E-state index >= 15 is 0 Å². The molecule has 1 aliphatic rings. The Morgan fingerprint density at radius 3 is 1.81 bits per heavy atom. The van der Waals surface area contributed by atoms with Gasteiger partial charge in [-0.3, -0.25) is 19.2 Å². The molecule has 0 N–H and O–H groups in total. The molecule has 0 spiro atoms. The van der Waals surface area contributed by atoms with Crippen LogP contribution in [0.3, 0.4) is 0 Å². The van der Waals surface area contributed by atoms with E-state index in [4.69, 9.17) is 0 Å². The molecular weight excluding hydrogens is 388 g/mol. The molecule has 0 saturated heterocycles. The summed E-state index contributed by atoms with van der Waals surface area (Å²) in [4.78, 5) is 50.7. The van der Waals surface area contributed by atoms with E-state index < -0.39 is 17.3 Å². The van der Waals surface area contributed by atoms with Gasteiger partial charge >= 0.3 is 0 Å². The maximum atomic E-state index is 13.4. The highest BCUT2D eigenvalue weighted by atomic mass is 16.2. The third-order valence-corrected chi connectivity index (χ3v) is 5.20. The summed E-state index contributed by atoms with van der Waals surface area (Å²) in [6.07, 6.45) is 10.1. The van der Waals surface area contributed by atoms with Crippen molar-refractivity contribution in [1.29, 1.82) is 0 Å². The highest BCUT2D eigenvalue weighted by Gasteiger charge is 2.29. The quantitative estimate of drug-likeness (QED) is 0.144. The number of hydrogen-bond acceptors (Lipinski definition) is 4. The highest BCUT2D eigenvalue weighted by Crippen LogP contribution is 2.24. The smallest absolute Gasteiger partial charge is 0.200 e. The number of ketones is 4. The predicted octanol–water partition coefficient (Wildman–Crippen LogP) is 5.90. The Bertz CT molecular complexity index is 951. The molecule has 0 fully saturated rings. The molecule has 0 aromatic carbocycles. The van der Waals surface area contributed by atoms with Crippen LogP contribution in [0.25, 0.3) is 0 Å². The summed E-state index contributed by atoms with van der Waals surface area (Å²) in [5.74, 6) is -2.01. The minimum atomic E-state index is -0.668. The van der Waals surface area contributed by atoms with Crippen LogP contribution in [-0.4, -0.2) is 23.1 Å². The zero-order valence-electron chi connectivity index (χ0n) is 19.8. The molecule has 0 aliphatic heterocycles. The molecule has 166 valence electrons. The number of carbonyl (C=O) groups excluding carboxylic acids is 4. The molecule has 0 atom stereocenters. The normalized spacial score (nSPS) is 15.0. The van der Waals surface area contributed by atoms with Crippen molar-refractivity contribution >= 4 is 23.1 Å². The summed E-state index contributed by atoms with van der Waals surface area (Å²) < 4.78 is 0. The lowest BCUT2D eigenvalue weighted by atomic mass is 9.86. The second kappa shape index (κ2) is 12.1. The van der Waals surface area contributed by atoms with Gasteiger partial charge < -0.3 is 0 Å². The van der Waals surface area contributed by atoms with Gasteiger partial charge in [-0.25, -0.2) is 0 Å². The van der Waals surface area contributed by atoms with Crippen molar-refractivity contribution in [2.45, 2.75) is 74.1 Å². The van der Waals surface area contributed by atoms with Gasteiger partial charge in [0.2, 0.25) is 5.78 Å². The number of rotatable bonds is 10. The molecule has 0 saturated carbocycles. The summed E-state index contributed by atoms with van der Waals surface area (Å²) >= 11 is 0. The topological polar surface area (TPSA) is 68.3 Å². The SMILES string of the molecule is CC(C)=CCC/C(C)=C(\C)C(=O)/C(C(=O)C1=CC(=O)C=CC1=O)=C(/C)CCC=C(C)C. The Hall–Kier alpha value is -2.88. The summed E-state index contributed by atoms with van der Waals surface area (Å²) in [7, 11) is 0. The fraction of sp³-hybridized carbons (Fsp3) is 0.407. The number of allylic oxidation sites excluding steroid dienone is 12. The van der Waals surface area contributed by atoms with Crippen LogP contribution in [0.4, 0.5) is 0 Å². The van der Waals surface area contributed by atoms with Crippen LogP contribution in [0, 0.1) is 0 Å². The fourth-order valence-corrected chi connectivity index (χ4v) is 3.16. The van der Waals surface area contributed by atoms with E-state index in [1.165, 1.54) is 5.57 Å². The Kier molecular flexibility index (Phi) is 10.2. The molecule has 0 aromatic heterocycles. The lowest BCUT2D eigenvalue weighted by Gasteiger charge is -2.15. The van der Waals surface area contributed by atoms with E-state index in [0.717, 1.165) is 35.8 Å². The molecule has 1 aliphatic carbocycles. The van der Waals surface area contributed by atoms with Crippen LogP contribution in [-0.2, 0) is 19.2 Å². The number of carbonyl (C=O) groups is 4. The first-order valence-electron chi connectivity index (χ1n) is 10.7. The van der Waals surface area contributed by atoms with Crippen molar-refractivity contribution in [2.75, 3.05) is 0 Å². The summed E-state index contributed by atoms with van der Waals surface area (Å²) in [5, 5.41) is 0. The van der Waals surface area contributed by atoms with Crippen LogP contribution in [0.2, 0.25) is 0 Å². The highest BCUT2D eigenvalue weighted by molar-refractivity contribution is 6.41. The first-order valence-corrected chi connectivity index (χ1v) is 10.7. The average molecular weight is 423 g/mol. The Balaban J connectivity index is 3.38. The van der Waals surface area contributed by atoms with Crippen LogP contribution >= 0.6 is 0 Å². The van der Waals surface area contributed by atoms with Gasteiger partial charge in [-0.05, 0) is 91.9 Å². The zero-order chi connectivity index (χ0) is 23.7. The molecular formula is C27H34O4. The maximum Gasteiger partial charge on any atom is 0.200 e. The van der Waals surface area contributed by atoms with E-state index in [-0.39, 0.29) is 16.9 Å². The lowest BCUT2D eigenvalue weighted by Crippen LogP contribution is -2.24. The van der Waals surface area contributed by atoms with Crippen LogP contribution in [0.15, 0.2) is 69.4 Å². The van der Waals surface area contributed by atoms with Crippen molar-refractivity contribution < 1.29 is 19.2 Å². The maximum absolute atomic E-state index is 13.4. The average Bonchev–Trinajstić information content (AvgIpc) is 2.68. The Morgan fingerprint density at radius 1 is 0.774 bits per heavy atom. The predicted molar refractivity (Wildman–Crippen MR) is 126 cm³/mol. The van der Waals surface area contributed by atoms with Crippen molar-refractivity contribution in [2.24, 2.45) is 0 Å². The molecule has 0 amide bonds. The third-order valence-electron chi connectivity index (χ3n) is 5.20. The van der Waals surface area contributed by atoms with E-state index in [9.17, 15) is 19.2 Å². The van der Waals surface area contributed by atoms with Gasteiger partial charge in [0.1, 0.15) is 0 Å². The molecule has 4 nitrogen and oxygen atoms in total. The van der Waals surface area contributed by atoms with Gasteiger partial charge in [0, 0.05) is 6.08 Å². The zero-order valence-corrected chi connectivity index (χ0v) is 19.8. The minimum Gasteiger partial charge on any atom is -0.290 e. The lowest BCUT2D eigenvalue weighted by molar-refractivity contribution is -0.121. The summed E-state index contributed by atoms with van der Waals surface area (Å²) in [5.41, 5.74) is 4.17. The van der Waals surface area contributed by atoms with Gasteiger partial charge in [-0.15, -0.1) is 0 Å². The van der Waals surface area contributed by atoms with Crippen LogP contribution < -0.4 is 0 Å². The summed E-state index contributed by atoms with van der Waals surface area (Å²) in [6.45, 7) is 13.4. The van der Waals surface area contributed by atoms with E-state index in [1.54, 1.807) is 13.8 Å². The first-order chi connectivity index (χ1) is 14.5. The monoisotopic (exact) mass is 422 g/mol. The van der Waals surface area contributed by atoms with Crippen molar-refractivity contribution in [1.82, 2.24) is 0 Å². The molecule has 0 aromatic rings. The molecule has 31 heavy (non-hydrogen) atoms. The standard InChI is InChI=1S/C27H34O4/c1-17(2)10-8-12-19(5)21(7)26(30)25(20(6)13-9-11-18(3)4)27(31)23-16-22(28)14-15-24(23)29/h10-11,14-16H,8-9,12-13H2,1-7H3/b21-19+,25-20+. The van der Waals surface area contributed by atoms with Gasteiger partial charge in [0.05, 0.1) is 11.1 Å². The molecule has 4 heteroatoms. The van der Waals surface area contributed by atoms with Crippen molar-refractivity contribution in [3.63, 3.8) is 0 Å². The second-order valence-electron chi connectivity index (χ2n) is 8.52. The van der Waals surface area contributed by atoms with E-state index in [2.05, 4.69) is 6.08 Å². The molecule has 0 unspecified atom stereocenters. The van der Waals surface area contributed by atoms with Gasteiger partial charge in [-0.1, -0.05) is 34.4 Å². The van der Waals surface area contributed by atoms with Crippen LogP contribution in [0.1, 0.15) is 74.1 Å². The Morgan fingerprint density at radius 2 is 1.29 bits per heavy atom.